The summed E-state index contributed by atoms with van der Waals surface area (Å²) in [7, 11) is 0. The molecule has 0 saturated carbocycles. The van der Waals surface area contributed by atoms with E-state index in [2.05, 4.69) is 63.7 Å². The van der Waals surface area contributed by atoms with E-state index in [0.29, 0.717) is 0 Å². The monoisotopic (exact) mass is 496 g/mol. The van der Waals surface area contributed by atoms with Crippen LogP contribution in [0.2, 0.25) is 0 Å². The molecule has 0 aromatic heterocycles. The molecule has 0 aliphatic carbocycles. The molecule has 0 radical (unpaired) electrons. The van der Waals surface area contributed by atoms with Crippen molar-refractivity contribution in [2.24, 2.45) is 0 Å². The fraction of sp³-hybridized carbons (Fsp3) is 0.0769. The normalized spacial score (nSPS) is 11.0. The van der Waals surface area contributed by atoms with Crippen molar-refractivity contribution in [1.82, 2.24) is 0 Å². The highest BCUT2D eigenvalue weighted by Crippen LogP contribution is 2.35. The average molecular weight is 500 g/mol. The number of aliphatic hydroxyl groups is 1. The predicted octanol–water partition coefficient (Wildman–Crippen LogP) is 5.82. The summed E-state index contributed by atoms with van der Waals surface area (Å²) in [5.74, 6) is 0. The molecule has 0 aliphatic heterocycles. The molecule has 0 unspecified atom stereocenters. The molecule has 2 rings (SSSR count). The van der Waals surface area contributed by atoms with Gasteiger partial charge < -0.3 is 5.11 Å². The van der Waals surface area contributed by atoms with E-state index in [1.165, 1.54) is 0 Å². The maximum Gasteiger partial charge on any atom is 0.106 e. The third kappa shape index (κ3) is 3.25. The Kier molecular flexibility index (Phi) is 5.06. The van der Waals surface area contributed by atoms with Crippen LogP contribution in [-0.4, -0.2) is 5.11 Å². The molecule has 0 bridgehead atoms. The summed E-state index contributed by atoms with van der Waals surface area (Å²) >= 11 is 13.8. The maximum atomic E-state index is 10.5. The number of aliphatic hydroxyl groups excluding tert-OH is 1. The first-order valence-corrected chi connectivity index (χ1v) is 8.24. The second-order valence-corrected chi connectivity index (χ2v) is 7.27. The van der Waals surface area contributed by atoms with Crippen molar-refractivity contribution in [2.75, 3.05) is 0 Å². The largest absolute Gasteiger partial charge is 0.384 e. The van der Waals surface area contributed by atoms with Crippen molar-refractivity contribution >= 4 is 63.7 Å². The minimum absolute atomic E-state index is 0.691. The Balaban J connectivity index is 2.50. The lowest BCUT2D eigenvalue weighted by molar-refractivity contribution is 0.218. The van der Waals surface area contributed by atoms with Gasteiger partial charge in [-0.05, 0) is 36.4 Å². The molecule has 1 nitrogen and oxygen atoms in total. The van der Waals surface area contributed by atoms with Gasteiger partial charge in [0.25, 0.3) is 0 Å². The van der Waals surface area contributed by atoms with Gasteiger partial charge in [-0.1, -0.05) is 63.7 Å². The summed E-state index contributed by atoms with van der Waals surface area (Å²) in [4.78, 5) is 0. The first-order chi connectivity index (χ1) is 8.49. The Morgan fingerprint density at radius 2 is 1.11 bits per heavy atom. The van der Waals surface area contributed by atoms with Gasteiger partial charge in [0.05, 0.1) is 0 Å². The van der Waals surface area contributed by atoms with Crippen LogP contribution in [0.1, 0.15) is 17.2 Å². The molecular formula is C13H8Br4O. The molecular weight excluding hydrogens is 492 g/mol. The van der Waals surface area contributed by atoms with E-state index in [-0.39, 0.29) is 0 Å². The van der Waals surface area contributed by atoms with Gasteiger partial charge in [0.15, 0.2) is 0 Å². The fourth-order valence-corrected chi connectivity index (χ4v) is 3.30. The molecule has 0 amide bonds. The summed E-state index contributed by atoms with van der Waals surface area (Å²) in [5, 5.41) is 10.5. The van der Waals surface area contributed by atoms with Crippen LogP contribution < -0.4 is 0 Å². The number of hydrogen-bond donors (Lipinski definition) is 1. The quantitative estimate of drug-likeness (QED) is 0.552. The predicted molar refractivity (Wildman–Crippen MR) is 87.7 cm³/mol. The Labute approximate surface area is 139 Å². The molecule has 0 fully saturated rings. The van der Waals surface area contributed by atoms with E-state index < -0.39 is 6.10 Å². The lowest BCUT2D eigenvalue weighted by Gasteiger charge is -2.15. The molecule has 2 aromatic carbocycles. The van der Waals surface area contributed by atoms with Crippen molar-refractivity contribution in [3.05, 3.63) is 65.4 Å². The molecule has 0 saturated heterocycles. The maximum absolute atomic E-state index is 10.5. The van der Waals surface area contributed by atoms with Crippen LogP contribution in [0.4, 0.5) is 0 Å². The van der Waals surface area contributed by atoms with Crippen LogP contribution in [0.25, 0.3) is 0 Å². The van der Waals surface area contributed by atoms with Crippen molar-refractivity contribution < 1.29 is 5.11 Å². The van der Waals surface area contributed by atoms with Crippen molar-refractivity contribution in [1.29, 1.82) is 0 Å². The van der Waals surface area contributed by atoms with Gasteiger partial charge in [0.2, 0.25) is 0 Å². The minimum Gasteiger partial charge on any atom is -0.384 e. The highest BCUT2D eigenvalue weighted by molar-refractivity contribution is 9.11. The lowest BCUT2D eigenvalue weighted by Crippen LogP contribution is -2.02. The lowest BCUT2D eigenvalue weighted by atomic mass is 10.0. The van der Waals surface area contributed by atoms with Crippen LogP contribution in [-0.2, 0) is 0 Å². The van der Waals surface area contributed by atoms with Crippen LogP contribution >= 0.6 is 63.7 Å². The van der Waals surface area contributed by atoms with E-state index in [1.54, 1.807) is 0 Å². The topological polar surface area (TPSA) is 20.2 Å². The molecule has 1 N–H and O–H groups in total. The highest BCUT2D eigenvalue weighted by Gasteiger charge is 2.17. The van der Waals surface area contributed by atoms with Crippen molar-refractivity contribution in [3.63, 3.8) is 0 Å². The molecule has 0 spiro atoms. The van der Waals surface area contributed by atoms with Crippen LogP contribution in [0.3, 0.4) is 0 Å². The number of halogens is 4. The number of hydrogen-bond acceptors (Lipinski definition) is 1. The first kappa shape index (κ1) is 14.7. The molecule has 5 heteroatoms. The van der Waals surface area contributed by atoms with Gasteiger partial charge in [0.1, 0.15) is 6.10 Å². The zero-order valence-electron chi connectivity index (χ0n) is 9.00. The van der Waals surface area contributed by atoms with Crippen LogP contribution in [0.15, 0.2) is 54.3 Å². The van der Waals surface area contributed by atoms with E-state index >= 15 is 0 Å². The Bertz CT molecular complexity index is 532. The molecule has 0 aliphatic rings. The molecule has 18 heavy (non-hydrogen) atoms. The molecule has 2 aromatic rings. The van der Waals surface area contributed by atoms with Crippen LogP contribution in [0.5, 0.6) is 0 Å². The Hall–Kier alpha value is 0.320. The van der Waals surface area contributed by atoms with E-state index in [0.717, 1.165) is 29.0 Å². The summed E-state index contributed by atoms with van der Waals surface area (Å²) in [6.07, 6.45) is -0.691. The van der Waals surface area contributed by atoms with Gasteiger partial charge in [-0.3, -0.25) is 0 Å². The Morgan fingerprint density at radius 3 is 1.50 bits per heavy atom. The number of rotatable bonds is 2. The number of benzene rings is 2. The van der Waals surface area contributed by atoms with Crippen molar-refractivity contribution in [3.8, 4) is 0 Å². The Morgan fingerprint density at radius 1 is 0.722 bits per heavy atom. The first-order valence-electron chi connectivity index (χ1n) is 5.07. The average Bonchev–Trinajstić information content (AvgIpc) is 2.34. The van der Waals surface area contributed by atoms with E-state index in [1.807, 2.05) is 36.4 Å². The second kappa shape index (κ2) is 6.18. The third-order valence-corrected chi connectivity index (χ3v) is 4.94. The van der Waals surface area contributed by atoms with E-state index in [4.69, 9.17) is 0 Å². The van der Waals surface area contributed by atoms with Gasteiger partial charge in [-0.25, -0.2) is 0 Å². The molecule has 0 atom stereocenters. The summed E-state index contributed by atoms with van der Waals surface area (Å²) in [5.41, 5.74) is 1.64. The zero-order valence-corrected chi connectivity index (χ0v) is 15.3. The highest BCUT2D eigenvalue weighted by atomic mass is 79.9. The zero-order chi connectivity index (χ0) is 13.3. The van der Waals surface area contributed by atoms with Gasteiger partial charge in [0, 0.05) is 29.0 Å². The molecule has 0 heterocycles. The fourth-order valence-electron chi connectivity index (χ4n) is 1.62. The summed E-state index contributed by atoms with van der Waals surface area (Å²) in [6, 6.07) is 11.5. The van der Waals surface area contributed by atoms with E-state index in [9.17, 15) is 5.11 Å². The summed E-state index contributed by atoms with van der Waals surface area (Å²) in [6.45, 7) is 0. The minimum atomic E-state index is -0.691. The standard InChI is InChI=1S/C13H8Br4O/c14-7-1-3-11(16)9(5-7)13(18)10-6-8(15)2-4-12(10)17/h1-6,13,18H. The van der Waals surface area contributed by atoms with Crippen LogP contribution in [0, 0.1) is 0 Å². The van der Waals surface area contributed by atoms with Crippen molar-refractivity contribution in [2.45, 2.75) is 6.10 Å². The SMILES string of the molecule is OC(c1cc(Br)ccc1Br)c1cc(Br)ccc1Br. The smallest absolute Gasteiger partial charge is 0.106 e. The van der Waals surface area contributed by atoms with Gasteiger partial charge in [-0.2, -0.15) is 0 Å². The van der Waals surface area contributed by atoms with Gasteiger partial charge >= 0.3 is 0 Å². The second-order valence-electron chi connectivity index (χ2n) is 3.73. The summed E-state index contributed by atoms with van der Waals surface area (Å²) < 4.78 is 3.63. The third-order valence-electron chi connectivity index (χ3n) is 2.51. The molecule has 94 valence electrons. The van der Waals surface area contributed by atoms with Gasteiger partial charge in [-0.15, -0.1) is 0 Å².